The minimum atomic E-state index is -4.45. The number of morpholine rings is 1. The van der Waals surface area contributed by atoms with Crippen molar-refractivity contribution in [3.05, 3.63) is 53.7 Å². The van der Waals surface area contributed by atoms with Crippen LogP contribution in [-0.2, 0) is 10.9 Å². The van der Waals surface area contributed by atoms with E-state index in [1.54, 1.807) is 23.2 Å². The van der Waals surface area contributed by atoms with Crippen molar-refractivity contribution < 1.29 is 22.7 Å². The first kappa shape index (κ1) is 17.5. The maximum atomic E-state index is 13.0. The zero-order chi connectivity index (χ0) is 19.0. The molecule has 0 unspecified atom stereocenters. The van der Waals surface area contributed by atoms with Gasteiger partial charge in [-0.2, -0.15) is 13.2 Å². The Hall–Kier alpha value is -2.94. The second kappa shape index (κ2) is 6.66. The highest BCUT2D eigenvalue weighted by molar-refractivity contribution is 5.94. The fourth-order valence-corrected chi connectivity index (χ4v) is 3.00. The summed E-state index contributed by atoms with van der Waals surface area (Å²) in [6, 6.07) is 8.13. The Morgan fingerprint density at radius 1 is 1.07 bits per heavy atom. The van der Waals surface area contributed by atoms with E-state index in [4.69, 9.17) is 4.74 Å². The molecule has 0 spiro atoms. The number of fused-ring (bicyclic) bond motifs is 1. The Bertz CT molecular complexity index is 994. The number of hydrogen-bond acceptors (Lipinski definition) is 4. The van der Waals surface area contributed by atoms with E-state index in [0.717, 1.165) is 12.1 Å². The van der Waals surface area contributed by atoms with E-state index < -0.39 is 11.7 Å². The van der Waals surface area contributed by atoms with Crippen LogP contribution in [0.25, 0.3) is 17.0 Å². The fourth-order valence-electron chi connectivity index (χ4n) is 3.00. The molecule has 1 saturated heterocycles. The molecule has 9 heteroatoms. The first-order valence-electron chi connectivity index (χ1n) is 8.33. The third-order valence-electron chi connectivity index (χ3n) is 4.40. The van der Waals surface area contributed by atoms with E-state index in [2.05, 4.69) is 10.2 Å². The number of hydrogen-bond donors (Lipinski definition) is 0. The van der Waals surface area contributed by atoms with Gasteiger partial charge in [0.25, 0.3) is 5.91 Å². The van der Waals surface area contributed by atoms with E-state index in [1.165, 1.54) is 16.5 Å². The summed E-state index contributed by atoms with van der Waals surface area (Å²) in [5.74, 6) is 0.0802. The normalized spacial score (nSPS) is 15.3. The Kier molecular flexibility index (Phi) is 4.31. The molecule has 0 radical (unpaired) electrons. The quantitative estimate of drug-likeness (QED) is 0.690. The second-order valence-corrected chi connectivity index (χ2v) is 6.15. The molecule has 0 atom stereocenters. The molecule has 3 aromatic rings. The molecule has 1 fully saturated rings. The zero-order valence-electron chi connectivity index (χ0n) is 14.1. The summed E-state index contributed by atoms with van der Waals surface area (Å²) < 4.78 is 45.8. The molecule has 0 bridgehead atoms. The Morgan fingerprint density at radius 3 is 2.59 bits per heavy atom. The number of nitrogens with zero attached hydrogens (tertiary/aromatic N) is 4. The van der Waals surface area contributed by atoms with Gasteiger partial charge in [0.05, 0.1) is 24.3 Å². The molecule has 3 heterocycles. The molecule has 1 aliphatic rings. The Labute approximate surface area is 152 Å². The van der Waals surface area contributed by atoms with Crippen LogP contribution >= 0.6 is 0 Å². The summed E-state index contributed by atoms with van der Waals surface area (Å²) in [5, 5.41) is 7.99. The highest BCUT2D eigenvalue weighted by atomic mass is 19.4. The van der Waals surface area contributed by atoms with Gasteiger partial charge in [-0.1, -0.05) is 12.1 Å². The molecule has 0 N–H and O–H groups in total. The standard InChI is InChI=1S/C18H15F3N4O2/c19-18(20,21)14-3-1-2-12(10-14)16-23-22-15-5-4-13(11-25(15)16)17(26)24-6-8-27-9-7-24/h1-5,10-11H,6-9H2. The summed E-state index contributed by atoms with van der Waals surface area (Å²) >= 11 is 0. The molecular weight excluding hydrogens is 361 g/mol. The van der Waals surface area contributed by atoms with Gasteiger partial charge in [-0.25, -0.2) is 0 Å². The van der Waals surface area contributed by atoms with Crippen molar-refractivity contribution in [2.75, 3.05) is 26.3 Å². The zero-order valence-corrected chi connectivity index (χ0v) is 14.1. The van der Waals surface area contributed by atoms with E-state index in [9.17, 15) is 18.0 Å². The maximum Gasteiger partial charge on any atom is 0.416 e. The molecule has 4 rings (SSSR count). The topological polar surface area (TPSA) is 59.7 Å². The van der Waals surface area contributed by atoms with Crippen molar-refractivity contribution >= 4 is 11.6 Å². The minimum absolute atomic E-state index is 0.163. The summed E-state index contributed by atoms with van der Waals surface area (Å²) in [6.07, 6.45) is -2.89. The molecule has 1 amide bonds. The highest BCUT2D eigenvalue weighted by Gasteiger charge is 2.30. The van der Waals surface area contributed by atoms with E-state index >= 15 is 0 Å². The van der Waals surface area contributed by atoms with Crippen LogP contribution in [0.15, 0.2) is 42.6 Å². The van der Waals surface area contributed by atoms with E-state index in [-0.39, 0.29) is 17.3 Å². The van der Waals surface area contributed by atoms with Crippen molar-refractivity contribution in [3.8, 4) is 11.4 Å². The number of halogens is 3. The first-order valence-corrected chi connectivity index (χ1v) is 8.33. The van der Waals surface area contributed by atoms with Gasteiger partial charge in [0, 0.05) is 24.8 Å². The van der Waals surface area contributed by atoms with Crippen molar-refractivity contribution in [3.63, 3.8) is 0 Å². The molecule has 1 aliphatic heterocycles. The molecule has 27 heavy (non-hydrogen) atoms. The van der Waals surface area contributed by atoms with Crippen LogP contribution in [-0.4, -0.2) is 51.7 Å². The lowest BCUT2D eigenvalue weighted by molar-refractivity contribution is -0.137. The van der Waals surface area contributed by atoms with Crippen molar-refractivity contribution in [1.82, 2.24) is 19.5 Å². The highest BCUT2D eigenvalue weighted by Crippen LogP contribution is 2.31. The predicted molar refractivity (Wildman–Crippen MR) is 90.1 cm³/mol. The van der Waals surface area contributed by atoms with Gasteiger partial charge in [0.15, 0.2) is 11.5 Å². The van der Waals surface area contributed by atoms with Gasteiger partial charge in [0.2, 0.25) is 0 Å². The number of alkyl halides is 3. The average molecular weight is 376 g/mol. The molecule has 0 saturated carbocycles. The van der Waals surface area contributed by atoms with Crippen LogP contribution in [0.1, 0.15) is 15.9 Å². The molecule has 1 aromatic carbocycles. The van der Waals surface area contributed by atoms with Gasteiger partial charge in [-0.15, -0.1) is 10.2 Å². The third-order valence-corrected chi connectivity index (χ3v) is 4.40. The number of amides is 1. The lowest BCUT2D eigenvalue weighted by atomic mass is 10.1. The number of carbonyl (C=O) groups is 1. The van der Waals surface area contributed by atoms with Gasteiger partial charge in [-0.3, -0.25) is 9.20 Å². The Morgan fingerprint density at radius 2 is 1.85 bits per heavy atom. The number of carbonyl (C=O) groups excluding carboxylic acids is 1. The number of aromatic nitrogens is 3. The molecule has 2 aromatic heterocycles. The second-order valence-electron chi connectivity index (χ2n) is 6.15. The summed E-state index contributed by atoms with van der Waals surface area (Å²) in [5.41, 5.74) is 0.365. The van der Waals surface area contributed by atoms with Crippen LogP contribution in [0.4, 0.5) is 13.2 Å². The van der Waals surface area contributed by atoms with Crippen molar-refractivity contribution in [2.45, 2.75) is 6.18 Å². The van der Waals surface area contributed by atoms with Gasteiger partial charge in [-0.05, 0) is 24.3 Å². The third kappa shape index (κ3) is 3.37. The SMILES string of the molecule is O=C(c1ccc2nnc(-c3cccc(C(F)(F)F)c3)n2c1)N1CCOCC1. The molecule has 6 nitrogen and oxygen atoms in total. The summed E-state index contributed by atoms with van der Waals surface area (Å²) in [7, 11) is 0. The predicted octanol–water partition coefficient (Wildman–Crippen LogP) is 2.89. The summed E-state index contributed by atoms with van der Waals surface area (Å²) in [6.45, 7) is 1.96. The van der Waals surface area contributed by atoms with Crippen LogP contribution in [0.3, 0.4) is 0 Å². The van der Waals surface area contributed by atoms with Crippen LogP contribution in [0.2, 0.25) is 0 Å². The summed E-state index contributed by atoms with van der Waals surface area (Å²) in [4.78, 5) is 14.3. The number of rotatable bonds is 2. The lowest BCUT2D eigenvalue weighted by Gasteiger charge is -2.26. The minimum Gasteiger partial charge on any atom is -0.378 e. The monoisotopic (exact) mass is 376 g/mol. The van der Waals surface area contributed by atoms with E-state index in [1.807, 2.05) is 0 Å². The van der Waals surface area contributed by atoms with Gasteiger partial charge in [0.1, 0.15) is 0 Å². The van der Waals surface area contributed by atoms with Crippen molar-refractivity contribution in [1.29, 1.82) is 0 Å². The van der Waals surface area contributed by atoms with E-state index in [0.29, 0.717) is 37.5 Å². The van der Waals surface area contributed by atoms with Gasteiger partial charge >= 0.3 is 6.18 Å². The van der Waals surface area contributed by atoms with Crippen molar-refractivity contribution in [2.24, 2.45) is 0 Å². The maximum absolute atomic E-state index is 13.0. The first-order chi connectivity index (χ1) is 12.9. The van der Waals surface area contributed by atoms with Gasteiger partial charge < -0.3 is 9.64 Å². The van der Waals surface area contributed by atoms with Crippen LogP contribution < -0.4 is 0 Å². The largest absolute Gasteiger partial charge is 0.416 e. The average Bonchev–Trinajstić information content (AvgIpc) is 3.11. The molecule has 140 valence electrons. The Balaban J connectivity index is 1.74. The number of pyridine rings is 1. The number of benzene rings is 1. The number of ether oxygens (including phenoxy) is 1. The van der Waals surface area contributed by atoms with Crippen LogP contribution in [0.5, 0.6) is 0 Å². The molecule has 0 aliphatic carbocycles. The smallest absolute Gasteiger partial charge is 0.378 e. The fraction of sp³-hybridized carbons (Fsp3) is 0.278. The lowest BCUT2D eigenvalue weighted by Crippen LogP contribution is -2.40. The molecular formula is C18H15F3N4O2. The van der Waals surface area contributed by atoms with Crippen LogP contribution in [0, 0.1) is 0 Å².